The molecule has 0 saturated heterocycles. The van der Waals surface area contributed by atoms with Crippen LogP contribution >= 0.6 is 11.6 Å². The van der Waals surface area contributed by atoms with Crippen molar-refractivity contribution in [3.8, 4) is 0 Å². The Bertz CT molecular complexity index is 407. The van der Waals surface area contributed by atoms with Crippen LogP contribution in [0, 0.1) is 5.53 Å². The summed E-state index contributed by atoms with van der Waals surface area (Å²) in [5.41, 5.74) is 17.1. The predicted molar refractivity (Wildman–Crippen MR) is 53.3 cm³/mol. The van der Waals surface area contributed by atoms with Gasteiger partial charge in [0.1, 0.15) is 6.67 Å². The van der Waals surface area contributed by atoms with Gasteiger partial charge >= 0.3 is 0 Å². The summed E-state index contributed by atoms with van der Waals surface area (Å²) in [6.07, 6.45) is 0. The number of hydrogen-bond donors (Lipinski definition) is 4. The van der Waals surface area contributed by atoms with Crippen molar-refractivity contribution < 1.29 is 4.79 Å². The zero-order valence-corrected chi connectivity index (χ0v) is 8.25. The first kappa shape index (κ1) is 11.1. The fraction of sp³-hybridized carbons (Fsp3) is 0.167. The number of halogens is 1. The lowest BCUT2D eigenvalue weighted by molar-refractivity contribution is 0.0949. The van der Waals surface area contributed by atoms with E-state index in [1.54, 1.807) is 0 Å². The smallest absolute Gasteiger partial charge is 0.275 e. The van der Waals surface area contributed by atoms with Crippen LogP contribution in [0.5, 0.6) is 0 Å². The largest absolute Gasteiger partial charge is 0.382 e. The number of aromatic nitrogens is 2. The molecular formula is C6H8ClN7O. The van der Waals surface area contributed by atoms with Crippen LogP contribution in [0.4, 0.5) is 11.6 Å². The number of rotatable bonds is 3. The molecule has 1 aromatic rings. The molecule has 1 amide bonds. The number of nitrogens with one attached hydrogen (secondary N) is 2. The molecule has 0 aliphatic rings. The van der Waals surface area contributed by atoms with Crippen LogP contribution in [0.2, 0.25) is 5.15 Å². The van der Waals surface area contributed by atoms with E-state index in [9.17, 15) is 4.79 Å². The van der Waals surface area contributed by atoms with E-state index in [4.69, 9.17) is 28.6 Å². The summed E-state index contributed by atoms with van der Waals surface area (Å²) in [4.78, 5) is 18.6. The number of nitrogen functional groups attached to an aromatic ring is 2. The van der Waals surface area contributed by atoms with Gasteiger partial charge in [0.2, 0.25) is 0 Å². The molecule has 0 spiro atoms. The number of anilines is 2. The molecule has 80 valence electrons. The van der Waals surface area contributed by atoms with Gasteiger partial charge < -0.3 is 16.8 Å². The maximum absolute atomic E-state index is 11.4. The van der Waals surface area contributed by atoms with Gasteiger partial charge in [-0.2, -0.15) is 5.11 Å². The first-order valence-corrected chi connectivity index (χ1v) is 4.14. The van der Waals surface area contributed by atoms with Gasteiger partial charge in [-0.1, -0.05) is 11.6 Å². The van der Waals surface area contributed by atoms with Crippen LogP contribution in [-0.4, -0.2) is 22.5 Å². The van der Waals surface area contributed by atoms with Crippen molar-refractivity contribution >= 4 is 29.1 Å². The molecule has 1 aromatic heterocycles. The van der Waals surface area contributed by atoms with E-state index >= 15 is 0 Å². The fourth-order valence-electron chi connectivity index (χ4n) is 0.804. The van der Waals surface area contributed by atoms with Crippen LogP contribution in [0.15, 0.2) is 5.11 Å². The summed E-state index contributed by atoms with van der Waals surface area (Å²) in [5.74, 6) is -0.784. The molecule has 8 nitrogen and oxygen atoms in total. The monoisotopic (exact) mass is 229 g/mol. The lowest BCUT2D eigenvalue weighted by Gasteiger charge is -2.05. The number of hydrogen-bond acceptors (Lipinski definition) is 7. The van der Waals surface area contributed by atoms with E-state index < -0.39 is 5.91 Å². The van der Waals surface area contributed by atoms with E-state index in [0.29, 0.717) is 0 Å². The van der Waals surface area contributed by atoms with Gasteiger partial charge in [0, 0.05) is 0 Å². The Morgan fingerprint density at radius 1 is 1.47 bits per heavy atom. The third-order valence-electron chi connectivity index (χ3n) is 1.44. The van der Waals surface area contributed by atoms with E-state index in [1.807, 2.05) is 0 Å². The SMILES string of the molecule is N=NCNC(=O)c1nc(Cl)c(N)nc1N. The summed E-state index contributed by atoms with van der Waals surface area (Å²) in [6.45, 7) is -0.165. The first-order valence-electron chi connectivity index (χ1n) is 3.76. The number of carbonyl (C=O) groups excluding carboxylic acids is 1. The number of amides is 1. The molecule has 0 aliphatic carbocycles. The molecular weight excluding hydrogens is 222 g/mol. The van der Waals surface area contributed by atoms with Gasteiger partial charge in [-0.05, 0) is 0 Å². The molecule has 6 N–H and O–H groups in total. The average Bonchev–Trinajstić information content (AvgIpc) is 2.20. The quantitative estimate of drug-likeness (QED) is 0.540. The van der Waals surface area contributed by atoms with Crippen LogP contribution in [0.25, 0.3) is 0 Å². The number of nitrogens with zero attached hydrogens (tertiary/aromatic N) is 3. The van der Waals surface area contributed by atoms with Gasteiger partial charge in [-0.25, -0.2) is 15.5 Å². The van der Waals surface area contributed by atoms with Crippen molar-refractivity contribution in [1.82, 2.24) is 15.3 Å². The summed E-state index contributed by atoms with van der Waals surface area (Å²) in [6, 6.07) is 0. The molecule has 9 heteroatoms. The molecule has 0 atom stereocenters. The zero-order chi connectivity index (χ0) is 11.4. The minimum absolute atomic E-state index is 0.0455. The highest BCUT2D eigenvalue weighted by Crippen LogP contribution is 2.16. The molecule has 0 radical (unpaired) electrons. The van der Waals surface area contributed by atoms with Crippen molar-refractivity contribution in [2.24, 2.45) is 5.11 Å². The molecule has 15 heavy (non-hydrogen) atoms. The lowest BCUT2D eigenvalue weighted by atomic mass is 10.4. The second-order valence-corrected chi connectivity index (χ2v) is 2.81. The standard InChI is InChI=1S/C6H8ClN7O/c7-3-5(9)14-4(8)2(13-3)6(15)11-1-12-10/h10H,1H2,(H,11,15)(H4,8,9,14). The van der Waals surface area contributed by atoms with Crippen LogP contribution < -0.4 is 16.8 Å². The summed E-state index contributed by atoms with van der Waals surface area (Å²) in [7, 11) is 0. The molecule has 0 saturated carbocycles. The van der Waals surface area contributed by atoms with E-state index in [2.05, 4.69) is 20.4 Å². The minimum Gasteiger partial charge on any atom is -0.382 e. The Labute approximate surface area is 89.5 Å². The first-order chi connectivity index (χ1) is 7.06. The molecule has 0 aromatic carbocycles. The highest BCUT2D eigenvalue weighted by atomic mass is 35.5. The Morgan fingerprint density at radius 2 is 2.13 bits per heavy atom. The number of carbonyl (C=O) groups is 1. The maximum atomic E-state index is 11.4. The number of nitrogens with two attached hydrogens (primary N) is 2. The average molecular weight is 230 g/mol. The lowest BCUT2D eigenvalue weighted by Crippen LogP contribution is -2.26. The van der Waals surface area contributed by atoms with Gasteiger partial charge in [0.05, 0.1) is 0 Å². The highest BCUT2D eigenvalue weighted by molar-refractivity contribution is 6.31. The van der Waals surface area contributed by atoms with Crippen LogP contribution in [0.3, 0.4) is 0 Å². The normalized spacial score (nSPS) is 9.67. The second kappa shape index (κ2) is 4.51. The summed E-state index contributed by atoms with van der Waals surface area (Å²) < 4.78 is 0. The van der Waals surface area contributed by atoms with E-state index in [-0.39, 0.29) is 29.2 Å². The van der Waals surface area contributed by atoms with Crippen molar-refractivity contribution in [2.45, 2.75) is 0 Å². The molecule has 0 fully saturated rings. The van der Waals surface area contributed by atoms with Crippen molar-refractivity contribution in [1.29, 1.82) is 5.53 Å². The molecule has 1 rings (SSSR count). The molecule has 0 aliphatic heterocycles. The van der Waals surface area contributed by atoms with Gasteiger partial charge in [0.25, 0.3) is 5.91 Å². The van der Waals surface area contributed by atoms with Crippen LogP contribution in [0.1, 0.15) is 10.5 Å². The van der Waals surface area contributed by atoms with Crippen molar-refractivity contribution in [2.75, 3.05) is 18.1 Å². The maximum Gasteiger partial charge on any atom is 0.275 e. The molecule has 0 unspecified atom stereocenters. The Kier molecular flexibility index (Phi) is 3.34. The van der Waals surface area contributed by atoms with Crippen molar-refractivity contribution in [3.05, 3.63) is 10.8 Å². The van der Waals surface area contributed by atoms with Gasteiger partial charge in [0.15, 0.2) is 22.5 Å². The fourth-order valence-corrected chi connectivity index (χ4v) is 0.930. The Hall–Kier alpha value is -1.96. The molecule has 0 bridgehead atoms. The predicted octanol–water partition coefficient (Wildman–Crippen LogP) is 0.0127. The third kappa shape index (κ3) is 2.50. The summed E-state index contributed by atoms with van der Waals surface area (Å²) in [5, 5.41) is 5.10. The van der Waals surface area contributed by atoms with Crippen molar-refractivity contribution in [3.63, 3.8) is 0 Å². The third-order valence-corrected chi connectivity index (χ3v) is 1.72. The van der Waals surface area contributed by atoms with Crippen LogP contribution in [-0.2, 0) is 0 Å². The van der Waals surface area contributed by atoms with E-state index in [1.165, 1.54) is 0 Å². The summed E-state index contributed by atoms with van der Waals surface area (Å²) >= 11 is 5.57. The van der Waals surface area contributed by atoms with Gasteiger partial charge in [-0.15, -0.1) is 0 Å². The minimum atomic E-state index is -0.613. The Morgan fingerprint density at radius 3 is 2.73 bits per heavy atom. The molecule has 1 heterocycles. The Balaban J connectivity index is 2.98. The topological polar surface area (TPSA) is 143 Å². The highest BCUT2D eigenvalue weighted by Gasteiger charge is 2.14. The van der Waals surface area contributed by atoms with Gasteiger partial charge in [-0.3, -0.25) is 4.79 Å². The van der Waals surface area contributed by atoms with E-state index in [0.717, 1.165) is 0 Å². The second-order valence-electron chi connectivity index (χ2n) is 2.46. The zero-order valence-electron chi connectivity index (χ0n) is 7.49.